The first kappa shape index (κ1) is 18.1. The number of ether oxygens (including phenoxy) is 2. The maximum atomic E-state index is 13.0. The summed E-state index contributed by atoms with van der Waals surface area (Å²) in [5.74, 6) is 2.33. The maximum absolute atomic E-state index is 13.0. The predicted molar refractivity (Wildman–Crippen MR) is 103 cm³/mol. The lowest BCUT2D eigenvalue weighted by Crippen LogP contribution is -2.59. The second-order valence-corrected chi connectivity index (χ2v) is 9.84. The van der Waals surface area contributed by atoms with Crippen molar-refractivity contribution in [1.29, 1.82) is 0 Å². The van der Waals surface area contributed by atoms with Gasteiger partial charge in [-0.25, -0.2) is 0 Å². The fourth-order valence-corrected chi connectivity index (χ4v) is 6.77. The zero-order valence-electron chi connectivity index (χ0n) is 15.8. The number of rotatable bonds is 5. The van der Waals surface area contributed by atoms with E-state index >= 15 is 0 Å². The normalized spacial score (nSPS) is 34.3. The molecule has 7 heteroatoms. The van der Waals surface area contributed by atoms with Gasteiger partial charge in [0.15, 0.2) is 11.5 Å². The monoisotopic (exact) mass is 404 g/mol. The topological polar surface area (TPSA) is 76.7 Å². The van der Waals surface area contributed by atoms with Crippen molar-refractivity contribution in [2.75, 3.05) is 13.3 Å². The number of nitrogens with one attached hydrogen (secondary N) is 2. The highest BCUT2D eigenvalue weighted by Crippen LogP contribution is 2.63. The van der Waals surface area contributed by atoms with Gasteiger partial charge in [-0.05, 0) is 68.1 Å². The van der Waals surface area contributed by atoms with Crippen LogP contribution < -0.4 is 20.1 Å². The van der Waals surface area contributed by atoms with Crippen molar-refractivity contribution >= 4 is 23.4 Å². The molecule has 6 rings (SSSR count). The first-order chi connectivity index (χ1) is 13.4. The molecule has 0 saturated heterocycles. The summed E-state index contributed by atoms with van der Waals surface area (Å²) in [5.41, 5.74) is 0.553. The molecule has 4 saturated carbocycles. The summed E-state index contributed by atoms with van der Waals surface area (Å²) in [4.78, 5) is 25.0. The van der Waals surface area contributed by atoms with Crippen LogP contribution in [-0.2, 0) is 16.1 Å². The Hall–Kier alpha value is -1.95. The quantitative estimate of drug-likeness (QED) is 0.740. The first-order valence-corrected chi connectivity index (χ1v) is 10.4. The highest BCUT2D eigenvalue weighted by molar-refractivity contribution is 6.24. The molecule has 150 valence electrons. The second-order valence-electron chi connectivity index (χ2n) is 9.04. The minimum Gasteiger partial charge on any atom is -0.454 e. The number of halogens is 1. The van der Waals surface area contributed by atoms with Crippen molar-refractivity contribution in [2.45, 2.75) is 49.9 Å². The molecule has 1 heterocycles. The smallest absolute Gasteiger partial charge is 0.239 e. The number of carbonyl (C=O) groups excluding carboxylic acids is 2. The molecule has 1 aliphatic heterocycles. The Morgan fingerprint density at radius 3 is 2.57 bits per heavy atom. The SMILES string of the molecule is O=C(CNC(=O)C12C[C@@H]3C[C@@H](CC(Cl)(C3)C1)C2)NCc1ccc2c(c1)OCO2. The zero-order chi connectivity index (χ0) is 19.4. The molecule has 28 heavy (non-hydrogen) atoms. The summed E-state index contributed by atoms with van der Waals surface area (Å²) in [7, 11) is 0. The molecule has 4 aliphatic carbocycles. The summed E-state index contributed by atoms with van der Waals surface area (Å²) in [6.07, 6.45) is 5.87. The van der Waals surface area contributed by atoms with Gasteiger partial charge in [0.1, 0.15) is 0 Å². The van der Waals surface area contributed by atoms with Crippen LogP contribution >= 0.6 is 11.6 Å². The van der Waals surface area contributed by atoms with Crippen LogP contribution in [0, 0.1) is 17.3 Å². The Balaban J connectivity index is 1.14. The summed E-state index contributed by atoms with van der Waals surface area (Å²) < 4.78 is 10.6. The number of carbonyl (C=O) groups is 2. The van der Waals surface area contributed by atoms with E-state index in [2.05, 4.69) is 10.6 Å². The Kier molecular flexibility index (Phi) is 4.23. The van der Waals surface area contributed by atoms with Crippen molar-refractivity contribution in [3.05, 3.63) is 23.8 Å². The molecule has 4 atom stereocenters. The van der Waals surface area contributed by atoms with Gasteiger partial charge in [-0.15, -0.1) is 11.6 Å². The standard InChI is InChI=1S/C21H25ClN2O4/c22-21-7-14-3-15(8-21)6-20(5-14,11-21)19(26)24-10-18(25)23-9-13-1-2-16-17(4-13)28-12-27-16/h1-2,4,14-15H,3,5-12H2,(H,23,25)(H,24,26)/t14-,15+,20?,21?. The van der Waals surface area contributed by atoms with Crippen LogP contribution in [0.15, 0.2) is 18.2 Å². The van der Waals surface area contributed by atoms with Crippen molar-refractivity contribution in [3.63, 3.8) is 0 Å². The van der Waals surface area contributed by atoms with E-state index in [1.165, 1.54) is 6.42 Å². The summed E-state index contributed by atoms with van der Waals surface area (Å²) in [5, 5.41) is 5.73. The van der Waals surface area contributed by atoms with Gasteiger partial charge in [0.25, 0.3) is 0 Å². The molecule has 4 bridgehead atoms. The van der Waals surface area contributed by atoms with Gasteiger partial charge in [0.2, 0.25) is 18.6 Å². The van der Waals surface area contributed by atoms with Crippen molar-refractivity contribution < 1.29 is 19.1 Å². The lowest BCUT2D eigenvalue weighted by atomic mass is 9.49. The average molecular weight is 405 g/mol. The zero-order valence-corrected chi connectivity index (χ0v) is 16.5. The van der Waals surface area contributed by atoms with Crippen LogP contribution in [0.4, 0.5) is 0 Å². The van der Waals surface area contributed by atoms with Crippen LogP contribution in [0.5, 0.6) is 11.5 Å². The van der Waals surface area contributed by atoms with E-state index in [9.17, 15) is 9.59 Å². The minimum atomic E-state index is -0.372. The fraction of sp³-hybridized carbons (Fsp3) is 0.619. The number of hydrogen-bond donors (Lipinski definition) is 2. The largest absolute Gasteiger partial charge is 0.454 e. The Bertz CT molecular complexity index is 813. The highest BCUT2D eigenvalue weighted by atomic mass is 35.5. The van der Waals surface area contributed by atoms with Crippen LogP contribution in [0.1, 0.15) is 44.1 Å². The number of hydrogen-bond acceptors (Lipinski definition) is 4. The second kappa shape index (κ2) is 6.55. The first-order valence-electron chi connectivity index (χ1n) is 10.1. The molecule has 5 aliphatic rings. The molecule has 2 N–H and O–H groups in total. The predicted octanol–water partition coefficient (Wildman–Crippen LogP) is 2.73. The van der Waals surface area contributed by atoms with Gasteiger partial charge >= 0.3 is 0 Å². The fourth-order valence-electron chi connectivity index (χ4n) is 6.08. The third kappa shape index (κ3) is 3.21. The summed E-state index contributed by atoms with van der Waals surface area (Å²) in [6.45, 7) is 0.603. The van der Waals surface area contributed by atoms with E-state index in [-0.39, 0.29) is 35.4 Å². The number of fused-ring (bicyclic) bond motifs is 1. The summed E-state index contributed by atoms with van der Waals surface area (Å²) in [6, 6.07) is 5.58. The average Bonchev–Trinajstić information content (AvgIpc) is 3.10. The highest BCUT2D eigenvalue weighted by Gasteiger charge is 2.60. The Labute approximate surface area is 169 Å². The van der Waals surface area contributed by atoms with E-state index in [1.54, 1.807) is 0 Å². The number of alkyl halides is 1. The lowest BCUT2D eigenvalue weighted by Gasteiger charge is -2.59. The van der Waals surface area contributed by atoms with E-state index < -0.39 is 0 Å². The van der Waals surface area contributed by atoms with E-state index in [1.807, 2.05) is 18.2 Å². The van der Waals surface area contributed by atoms with E-state index in [0.29, 0.717) is 24.1 Å². The van der Waals surface area contributed by atoms with Crippen molar-refractivity contribution in [2.24, 2.45) is 17.3 Å². The minimum absolute atomic E-state index is 0.00421. The molecule has 0 spiro atoms. The molecule has 6 nitrogen and oxygen atoms in total. The maximum Gasteiger partial charge on any atom is 0.239 e. The van der Waals surface area contributed by atoms with Gasteiger partial charge in [0.05, 0.1) is 12.0 Å². The lowest BCUT2D eigenvalue weighted by molar-refractivity contribution is -0.145. The third-order valence-corrected chi connectivity index (χ3v) is 7.25. The molecule has 1 aromatic rings. The number of benzene rings is 1. The van der Waals surface area contributed by atoms with Gasteiger partial charge in [-0.3, -0.25) is 9.59 Å². The van der Waals surface area contributed by atoms with Gasteiger partial charge < -0.3 is 20.1 Å². The Morgan fingerprint density at radius 2 is 1.82 bits per heavy atom. The Morgan fingerprint density at radius 1 is 1.07 bits per heavy atom. The van der Waals surface area contributed by atoms with Crippen LogP contribution in [0.2, 0.25) is 0 Å². The van der Waals surface area contributed by atoms with Crippen LogP contribution in [0.25, 0.3) is 0 Å². The van der Waals surface area contributed by atoms with Gasteiger partial charge in [-0.1, -0.05) is 6.07 Å². The molecule has 2 unspecified atom stereocenters. The summed E-state index contributed by atoms with van der Waals surface area (Å²) >= 11 is 6.81. The van der Waals surface area contributed by atoms with Crippen molar-refractivity contribution in [1.82, 2.24) is 10.6 Å². The molecular formula is C21H25ClN2O4. The molecule has 0 radical (unpaired) electrons. The molecule has 1 aromatic carbocycles. The third-order valence-electron chi connectivity index (χ3n) is 6.81. The molecule has 4 fully saturated rings. The van der Waals surface area contributed by atoms with Crippen LogP contribution in [-0.4, -0.2) is 30.0 Å². The molecule has 0 aromatic heterocycles. The number of amides is 2. The van der Waals surface area contributed by atoms with E-state index in [0.717, 1.165) is 43.4 Å². The van der Waals surface area contributed by atoms with E-state index in [4.69, 9.17) is 21.1 Å². The van der Waals surface area contributed by atoms with Gasteiger partial charge in [0, 0.05) is 11.4 Å². The van der Waals surface area contributed by atoms with Crippen LogP contribution in [0.3, 0.4) is 0 Å². The molecule has 2 amide bonds. The van der Waals surface area contributed by atoms with Gasteiger partial charge in [-0.2, -0.15) is 0 Å². The molecular weight excluding hydrogens is 380 g/mol. The van der Waals surface area contributed by atoms with Crippen molar-refractivity contribution in [3.8, 4) is 11.5 Å².